The third-order valence-electron chi connectivity index (χ3n) is 4.63. The van der Waals surface area contributed by atoms with E-state index >= 15 is 0 Å². The highest BCUT2D eigenvalue weighted by Crippen LogP contribution is 2.21. The number of halogens is 1. The third kappa shape index (κ3) is 4.49. The Bertz CT molecular complexity index is 1030. The van der Waals surface area contributed by atoms with E-state index in [-0.39, 0.29) is 6.54 Å². The Hall–Kier alpha value is -3.33. The molecule has 5 nitrogen and oxygen atoms in total. The Morgan fingerprint density at radius 3 is 2.82 bits per heavy atom. The van der Waals surface area contributed by atoms with Gasteiger partial charge in [-0.2, -0.15) is 5.26 Å². The topological polar surface area (TPSA) is 76.0 Å². The van der Waals surface area contributed by atoms with Crippen LogP contribution in [0, 0.1) is 24.1 Å². The van der Waals surface area contributed by atoms with E-state index in [4.69, 9.17) is 5.26 Å². The number of H-pyrrole nitrogens is 1. The van der Waals surface area contributed by atoms with Crippen molar-refractivity contribution in [2.75, 3.05) is 13.1 Å². The van der Waals surface area contributed by atoms with Crippen molar-refractivity contribution in [3.8, 4) is 6.07 Å². The molecule has 0 aliphatic rings. The summed E-state index contributed by atoms with van der Waals surface area (Å²) in [6, 6.07) is 12.7. The Morgan fingerprint density at radius 1 is 1.21 bits per heavy atom. The molecular formula is C22H24FN5. The molecule has 1 heterocycles. The number of aryl methyl sites for hydroxylation is 1. The van der Waals surface area contributed by atoms with Crippen molar-refractivity contribution >= 4 is 16.9 Å². The Labute approximate surface area is 164 Å². The van der Waals surface area contributed by atoms with Gasteiger partial charge in [0.15, 0.2) is 5.96 Å². The number of fused-ring (bicyclic) bond motifs is 1. The van der Waals surface area contributed by atoms with Crippen molar-refractivity contribution in [1.82, 2.24) is 15.6 Å². The number of hydrogen-bond acceptors (Lipinski definition) is 2. The van der Waals surface area contributed by atoms with Crippen LogP contribution in [0.2, 0.25) is 0 Å². The van der Waals surface area contributed by atoms with E-state index in [1.807, 2.05) is 13.0 Å². The van der Waals surface area contributed by atoms with Crippen LogP contribution in [0.4, 0.5) is 4.39 Å². The predicted octanol–water partition coefficient (Wildman–Crippen LogP) is 3.78. The highest BCUT2D eigenvalue weighted by Gasteiger charge is 2.07. The van der Waals surface area contributed by atoms with Crippen LogP contribution in [0.5, 0.6) is 0 Å². The molecule has 3 rings (SSSR count). The van der Waals surface area contributed by atoms with Gasteiger partial charge in [-0.05, 0) is 43.5 Å². The van der Waals surface area contributed by atoms with Gasteiger partial charge in [0, 0.05) is 35.8 Å². The van der Waals surface area contributed by atoms with E-state index in [1.165, 1.54) is 28.1 Å². The van der Waals surface area contributed by atoms with Crippen LogP contribution in [-0.4, -0.2) is 24.0 Å². The van der Waals surface area contributed by atoms with Crippen LogP contribution in [0.25, 0.3) is 10.9 Å². The quantitative estimate of drug-likeness (QED) is 0.452. The van der Waals surface area contributed by atoms with Crippen LogP contribution >= 0.6 is 0 Å². The lowest BCUT2D eigenvalue weighted by atomic mass is 10.1. The predicted molar refractivity (Wildman–Crippen MR) is 111 cm³/mol. The van der Waals surface area contributed by atoms with Gasteiger partial charge in [0.1, 0.15) is 5.82 Å². The second-order valence-corrected chi connectivity index (χ2v) is 6.60. The molecule has 2 aromatic carbocycles. The van der Waals surface area contributed by atoms with Crippen molar-refractivity contribution in [2.45, 2.75) is 26.8 Å². The van der Waals surface area contributed by atoms with E-state index in [0.29, 0.717) is 30.2 Å². The minimum Gasteiger partial charge on any atom is -0.361 e. The van der Waals surface area contributed by atoms with Crippen molar-refractivity contribution in [3.05, 3.63) is 70.7 Å². The first-order chi connectivity index (χ1) is 13.6. The van der Waals surface area contributed by atoms with Crippen molar-refractivity contribution in [1.29, 1.82) is 5.26 Å². The molecular weight excluding hydrogens is 353 g/mol. The van der Waals surface area contributed by atoms with E-state index in [1.54, 1.807) is 12.1 Å². The number of nitrogens with zero attached hydrogens (tertiary/aromatic N) is 2. The fourth-order valence-corrected chi connectivity index (χ4v) is 3.14. The number of nitriles is 1. The monoisotopic (exact) mass is 377 g/mol. The molecule has 3 N–H and O–H groups in total. The van der Waals surface area contributed by atoms with Crippen LogP contribution in [0.3, 0.4) is 0 Å². The van der Waals surface area contributed by atoms with Crippen LogP contribution < -0.4 is 10.6 Å². The van der Waals surface area contributed by atoms with Gasteiger partial charge in [0.25, 0.3) is 0 Å². The van der Waals surface area contributed by atoms with Crippen molar-refractivity contribution in [2.24, 2.45) is 4.99 Å². The highest BCUT2D eigenvalue weighted by atomic mass is 19.1. The van der Waals surface area contributed by atoms with Crippen LogP contribution in [0.15, 0.2) is 47.6 Å². The van der Waals surface area contributed by atoms with E-state index in [2.05, 4.69) is 51.9 Å². The summed E-state index contributed by atoms with van der Waals surface area (Å²) in [5.41, 5.74) is 4.43. The number of benzene rings is 2. The molecule has 0 spiro atoms. The molecule has 0 unspecified atom stereocenters. The Balaban J connectivity index is 1.63. The average molecular weight is 377 g/mol. The van der Waals surface area contributed by atoms with Crippen molar-refractivity contribution < 1.29 is 4.39 Å². The molecule has 0 amide bonds. The largest absolute Gasteiger partial charge is 0.361 e. The van der Waals surface area contributed by atoms with Crippen LogP contribution in [-0.2, 0) is 13.0 Å². The van der Waals surface area contributed by atoms with Crippen molar-refractivity contribution in [3.63, 3.8) is 0 Å². The number of nitrogens with one attached hydrogen (secondary N) is 3. The number of para-hydroxylation sites is 1. The maximum Gasteiger partial charge on any atom is 0.191 e. The molecule has 0 aliphatic carbocycles. The zero-order valence-electron chi connectivity index (χ0n) is 16.1. The first kappa shape index (κ1) is 19.4. The zero-order valence-corrected chi connectivity index (χ0v) is 16.1. The standard InChI is InChI=1S/C22H24FN5/c1-3-25-22(28-14-18-8-7-16(12-24)11-20(18)23)26-10-9-17-13-27-21-15(2)5-4-6-19(17)21/h4-8,11,13,27H,3,9-10,14H2,1-2H3,(H2,25,26,28). The van der Waals surface area contributed by atoms with Gasteiger partial charge in [0.2, 0.25) is 0 Å². The lowest BCUT2D eigenvalue weighted by molar-refractivity contribution is 0.609. The molecule has 28 heavy (non-hydrogen) atoms. The van der Waals surface area contributed by atoms with Gasteiger partial charge in [-0.25, -0.2) is 9.38 Å². The molecule has 144 valence electrons. The highest BCUT2D eigenvalue weighted by molar-refractivity contribution is 5.86. The fourth-order valence-electron chi connectivity index (χ4n) is 3.14. The van der Waals surface area contributed by atoms with Gasteiger partial charge in [0.05, 0.1) is 18.2 Å². The summed E-state index contributed by atoms with van der Waals surface area (Å²) in [5.74, 6) is 0.232. The minimum absolute atomic E-state index is 0.207. The molecule has 0 aliphatic heterocycles. The van der Waals surface area contributed by atoms with Gasteiger partial charge < -0.3 is 15.6 Å². The third-order valence-corrected chi connectivity index (χ3v) is 4.63. The maximum atomic E-state index is 14.0. The first-order valence-corrected chi connectivity index (χ1v) is 9.38. The summed E-state index contributed by atoms with van der Waals surface area (Å²) in [4.78, 5) is 7.80. The van der Waals surface area contributed by atoms with Gasteiger partial charge in [-0.15, -0.1) is 0 Å². The normalized spacial score (nSPS) is 11.4. The molecule has 0 saturated heterocycles. The van der Waals surface area contributed by atoms with E-state index in [9.17, 15) is 4.39 Å². The second kappa shape index (κ2) is 9.05. The smallest absolute Gasteiger partial charge is 0.191 e. The lowest BCUT2D eigenvalue weighted by Crippen LogP contribution is -2.38. The van der Waals surface area contributed by atoms with Gasteiger partial charge in [-0.1, -0.05) is 24.3 Å². The van der Waals surface area contributed by atoms with Gasteiger partial charge in [-0.3, -0.25) is 0 Å². The summed E-state index contributed by atoms with van der Waals surface area (Å²) in [5, 5.41) is 16.5. The average Bonchev–Trinajstić information content (AvgIpc) is 3.11. The molecule has 3 aromatic rings. The summed E-state index contributed by atoms with van der Waals surface area (Å²) < 4.78 is 14.0. The summed E-state index contributed by atoms with van der Waals surface area (Å²) in [6.45, 7) is 5.72. The maximum absolute atomic E-state index is 14.0. The summed E-state index contributed by atoms with van der Waals surface area (Å²) in [6.07, 6.45) is 2.90. The molecule has 0 bridgehead atoms. The Kier molecular flexibility index (Phi) is 6.28. The zero-order chi connectivity index (χ0) is 19.9. The molecule has 0 fully saturated rings. The number of hydrogen-bond donors (Lipinski definition) is 3. The van der Waals surface area contributed by atoms with E-state index < -0.39 is 5.82 Å². The van der Waals surface area contributed by atoms with E-state index in [0.717, 1.165) is 6.42 Å². The molecule has 1 aromatic heterocycles. The Morgan fingerprint density at radius 2 is 2.07 bits per heavy atom. The molecule has 0 saturated carbocycles. The molecule has 6 heteroatoms. The number of guanidine groups is 1. The second-order valence-electron chi connectivity index (χ2n) is 6.60. The lowest BCUT2D eigenvalue weighted by Gasteiger charge is -2.11. The summed E-state index contributed by atoms with van der Waals surface area (Å²) in [7, 11) is 0. The fraction of sp³-hybridized carbons (Fsp3) is 0.273. The molecule has 0 atom stereocenters. The number of aromatic amines is 1. The number of aliphatic imine (C=N–C) groups is 1. The SMILES string of the molecule is CCNC(=NCc1ccc(C#N)cc1F)NCCc1c[nH]c2c(C)cccc12. The molecule has 0 radical (unpaired) electrons. The minimum atomic E-state index is -0.409. The van der Waals surface area contributed by atoms with Gasteiger partial charge >= 0.3 is 0 Å². The number of aromatic nitrogens is 1. The number of rotatable bonds is 6. The summed E-state index contributed by atoms with van der Waals surface area (Å²) >= 11 is 0. The first-order valence-electron chi connectivity index (χ1n) is 9.38. The van der Waals surface area contributed by atoms with Crippen LogP contribution in [0.1, 0.15) is 29.2 Å².